The molecule has 0 aliphatic carbocycles. The van der Waals surface area contributed by atoms with Crippen molar-refractivity contribution in [1.82, 2.24) is 9.13 Å². The van der Waals surface area contributed by atoms with E-state index in [0.717, 1.165) is 11.1 Å². The predicted octanol–water partition coefficient (Wildman–Crippen LogP) is 3.28. The van der Waals surface area contributed by atoms with Gasteiger partial charge in [-0.05, 0) is 41.5 Å². The highest BCUT2D eigenvalue weighted by Gasteiger charge is 2.18. The highest BCUT2D eigenvalue weighted by atomic mass is 16.2. The molecule has 1 heterocycles. The molecule has 0 spiro atoms. The number of fused-ring (bicyclic) bond motifs is 1. The van der Waals surface area contributed by atoms with Gasteiger partial charge in [0.25, 0.3) is 5.91 Å². The first-order valence-corrected chi connectivity index (χ1v) is 8.23. The first kappa shape index (κ1) is 15.9. The zero-order valence-electron chi connectivity index (χ0n) is 14.2. The first-order valence-electron chi connectivity index (χ1n) is 8.23. The number of imidazole rings is 1. The second-order valence-corrected chi connectivity index (χ2v) is 6.17. The molecule has 0 saturated carbocycles. The SMILES string of the molecule is Cn1c(=O)n(C(=O)c2ccc(-c3ccccc3)cc2)c2cc(N)ccc21. The van der Waals surface area contributed by atoms with E-state index in [2.05, 4.69) is 0 Å². The molecule has 0 aliphatic rings. The fourth-order valence-electron chi connectivity index (χ4n) is 3.12. The van der Waals surface area contributed by atoms with E-state index in [9.17, 15) is 9.59 Å². The molecule has 2 N–H and O–H groups in total. The van der Waals surface area contributed by atoms with Gasteiger partial charge in [-0.3, -0.25) is 9.36 Å². The molecule has 5 heteroatoms. The average molecular weight is 343 g/mol. The summed E-state index contributed by atoms with van der Waals surface area (Å²) in [5, 5.41) is 0. The second kappa shape index (κ2) is 6.04. The van der Waals surface area contributed by atoms with E-state index in [1.54, 1.807) is 37.4 Å². The van der Waals surface area contributed by atoms with Crippen molar-refractivity contribution in [2.75, 3.05) is 5.73 Å². The van der Waals surface area contributed by atoms with Gasteiger partial charge in [-0.25, -0.2) is 9.36 Å². The Labute approximate surface area is 149 Å². The van der Waals surface area contributed by atoms with Crippen LogP contribution in [0.25, 0.3) is 22.2 Å². The van der Waals surface area contributed by atoms with Crippen molar-refractivity contribution in [3.8, 4) is 11.1 Å². The van der Waals surface area contributed by atoms with E-state index in [1.807, 2.05) is 42.5 Å². The molecule has 3 aromatic carbocycles. The van der Waals surface area contributed by atoms with E-state index in [1.165, 1.54) is 9.13 Å². The van der Waals surface area contributed by atoms with Gasteiger partial charge in [0.2, 0.25) is 0 Å². The van der Waals surface area contributed by atoms with Gasteiger partial charge in [-0.15, -0.1) is 0 Å². The maximum Gasteiger partial charge on any atom is 0.335 e. The third-order valence-corrected chi connectivity index (χ3v) is 4.52. The summed E-state index contributed by atoms with van der Waals surface area (Å²) in [5.74, 6) is -0.370. The fourth-order valence-corrected chi connectivity index (χ4v) is 3.12. The van der Waals surface area contributed by atoms with E-state index in [4.69, 9.17) is 5.73 Å². The summed E-state index contributed by atoms with van der Waals surface area (Å²) in [5.41, 5.74) is 9.66. The van der Waals surface area contributed by atoms with Crippen LogP contribution in [0.5, 0.6) is 0 Å². The van der Waals surface area contributed by atoms with Crippen molar-refractivity contribution in [3.05, 3.63) is 88.8 Å². The van der Waals surface area contributed by atoms with Gasteiger partial charge in [0.05, 0.1) is 11.0 Å². The van der Waals surface area contributed by atoms with Crippen LogP contribution in [0.4, 0.5) is 5.69 Å². The molecule has 1 aromatic heterocycles. The van der Waals surface area contributed by atoms with Crippen LogP contribution in [0.15, 0.2) is 77.6 Å². The molecule has 26 heavy (non-hydrogen) atoms. The largest absolute Gasteiger partial charge is 0.399 e. The minimum atomic E-state index is -0.386. The molecule has 128 valence electrons. The number of nitrogens with zero attached hydrogens (tertiary/aromatic N) is 2. The molecule has 5 nitrogen and oxygen atoms in total. The van der Waals surface area contributed by atoms with Crippen molar-refractivity contribution >= 4 is 22.6 Å². The molecule has 0 saturated heterocycles. The molecular weight excluding hydrogens is 326 g/mol. The summed E-state index contributed by atoms with van der Waals surface area (Å²) in [6.07, 6.45) is 0. The minimum absolute atomic E-state index is 0.370. The number of nitrogen functional groups attached to an aromatic ring is 1. The fraction of sp³-hybridized carbons (Fsp3) is 0.0476. The molecular formula is C21H17N3O2. The quantitative estimate of drug-likeness (QED) is 0.568. The number of rotatable bonds is 2. The standard InChI is InChI=1S/C21H17N3O2/c1-23-18-12-11-17(22)13-19(18)24(21(23)26)20(25)16-9-7-15(8-10-16)14-5-3-2-4-6-14/h2-13H,22H2,1H3. The maximum absolute atomic E-state index is 13.0. The zero-order chi connectivity index (χ0) is 18.3. The van der Waals surface area contributed by atoms with Gasteiger partial charge < -0.3 is 5.73 Å². The average Bonchev–Trinajstić information content (AvgIpc) is 2.92. The Balaban J connectivity index is 1.79. The van der Waals surface area contributed by atoms with Gasteiger partial charge in [0.1, 0.15) is 0 Å². The number of hydrogen-bond acceptors (Lipinski definition) is 3. The monoisotopic (exact) mass is 343 g/mol. The lowest BCUT2D eigenvalue weighted by Crippen LogP contribution is -2.28. The van der Waals surface area contributed by atoms with E-state index < -0.39 is 0 Å². The number of aromatic nitrogens is 2. The number of carbonyl (C=O) groups excluding carboxylic acids is 1. The molecule has 4 aromatic rings. The third kappa shape index (κ3) is 2.50. The number of carbonyl (C=O) groups is 1. The number of anilines is 1. The highest BCUT2D eigenvalue weighted by molar-refractivity contribution is 6.01. The van der Waals surface area contributed by atoms with Crippen LogP contribution in [-0.4, -0.2) is 15.0 Å². The van der Waals surface area contributed by atoms with Gasteiger partial charge >= 0.3 is 5.69 Å². The molecule has 0 amide bonds. The van der Waals surface area contributed by atoms with Crippen LogP contribution >= 0.6 is 0 Å². The van der Waals surface area contributed by atoms with Crippen molar-refractivity contribution in [2.24, 2.45) is 7.05 Å². The molecule has 0 atom stereocenters. The first-order chi connectivity index (χ1) is 12.6. The van der Waals surface area contributed by atoms with Gasteiger partial charge in [0.15, 0.2) is 0 Å². The van der Waals surface area contributed by atoms with Crippen LogP contribution in [0.3, 0.4) is 0 Å². The Kier molecular flexibility index (Phi) is 3.69. The van der Waals surface area contributed by atoms with Crippen LogP contribution in [-0.2, 0) is 7.05 Å². The van der Waals surface area contributed by atoms with E-state index in [0.29, 0.717) is 22.3 Å². The van der Waals surface area contributed by atoms with Gasteiger partial charge in [-0.1, -0.05) is 42.5 Å². The smallest absolute Gasteiger partial charge is 0.335 e. The number of aryl methyl sites for hydroxylation is 1. The number of benzene rings is 3. The molecule has 4 rings (SSSR count). The van der Waals surface area contributed by atoms with E-state index >= 15 is 0 Å². The Hall–Kier alpha value is -3.60. The topological polar surface area (TPSA) is 70.0 Å². The van der Waals surface area contributed by atoms with Gasteiger partial charge in [-0.2, -0.15) is 0 Å². The normalized spacial score (nSPS) is 11.0. The molecule has 0 aliphatic heterocycles. The summed E-state index contributed by atoms with van der Waals surface area (Å²) in [4.78, 5) is 25.5. The Morgan fingerprint density at radius 1 is 0.846 bits per heavy atom. The van der Waals surface area contributed by atoms with Crippen LogP contribution in [0, 0.1) is 0 Å². The maximum atomic E-state index is 13.0. The minimum Gasteiger partial charge on any atom is -0.399 e. The number of hydrogen-bond donors (Lipinski definition) is 1. The summed E-state index contributed by atoms with van der Waals surface area (Å²) in [7, 11) is 1.64. The zero-order valence-corrected chi connectivity index (χ0v) is 14.2. The predicted molar refractivity (Wildman–Crippen MR) is 103 cm³/mol. The van der Waals surface area contributed by atoms with Crippen LogP contribution in [0.1, 0.15) is 10.4 Å². The Morgan fingerprint density at radius 2 is 1.50 bits per heavy atom. The van der Waals surface area contributed by atoms with Crippen molar-refractivity contribution < 1.29 is 4.79 Å². The van der Waals surface area contributed by atoms with Crippen molar-refractivity contribution in [2.45, 2.75) is 0 Å². The van der Waals surface area contributed by atoms with Crippen LogP contribution in [0.2, 0.25) is 0 Å². The molecule has 0 unspecified atom stereocenters. The lowest BCUT2D eigenvalue weighted by molar-refractivity contribution is 0.0960. The molecule has 0 fully saturated rings. The summed E-state index contributed by atoms with van der Waals surface area (Å²) >= 11 is 0. The summed E-state index contributed by atoms with van der Waals surface area (Å²) in [6, 6.07) is 22.3. The number of nitrogens with two attached hydrogens (primary N) is 1. The summed E-state index contributed by atoms with van der Waals surface area (Å²) < 4.78 is 2.62. The Morgan fingerprint density at radius 3 is 2.19 bits per heavy atom. The summed E-state index contributed by atoms with van der Waals surface area (Å²) in [6.45, 7) is 0. The Bertz CT molecular complexity index is 1170. The van der Waals surface area contributed by atoms with Crippen molar-refractivity contribution in [1.29, 1.82) is 0 Å². The van der Waals surface area contributed by atoms with Gasteiger partial charge in [0, 0.05) is 18.3 Å². The van der Waals surface area contributed by atoms with E-state index in [-0.39, 0.29) is 11.6 Å². The second-order valence-electron chi connectivity index (χ2n) is 6.17. The van der Waals surface area contributed by atoms with Crippen molar-refractivity contribution in [3.63, 3.8) is 0 Å². The molecule has 0 radical (unpaired) electrons. The lowest BCUT2D eigenvalue weighted by Gasteiger charge is -2.05. The third-order valence-electron chi connectivity index (χ3n) is 4.52. The van der Waals surface area contributed by atoms with Crippen LogP contribution < -0.4 is 11.4 Å². The lowest BCUT2D eigenvalue weighted by atomic mass is 10.0. The molecule has 0 bridgehead atoms. The highest BCUT2D eigenvalue weighted by Crippen LogP contribution is 2.21.